The van der Waals surface area contributed by atoms with Crippen molar-refractivity contribution in [2.45, 2.75) is 46.7 Å². The van der Waals surface area contributed by atoms with E-state index in [0.29, 0.717) is 32.7 Å². The summed E-state index contributed by atoms with van der Waals surface area (Å²) in [5, 5.41) is 0. The van der Waals surface area contributed by atoms with Crippen LogP contribution in [0.4, 0.5) is 11.5 Å². The first kappa shape index (κ1) is 26.9. The second kappa shape index (κ2) is 12.8. The number of nitrogens with two attached hydrogens (primary N) is 1. The summed E-state index contributed by atoms with van der Waals surface area (Å²) in [4.78, 5) is 44.0. The Kier molecular flexibility index (Phi) is 10.1. The largest absolute Gasteiger partial charge is 0.490 e. The predicted molar refractivity (Wildman–Crippen MR) is 136 cm³/mol. The van der Waals surface area contributed by atoms with Crippen LogP contribution in [0.5, 0.6) is 5.75 Å². The van der Waals surface area contributed by atoms with Crippen molar-refractivity contribution >= 4 is 17.4 Å². The Morgan fingerprint density at radius 1 is 1.26 bits per heavy atom. The van der Waals surface area contributed by atoms with Gasteiger partial charge in [-0.1, -0.05) is 52.0 Å². The second-order valence-corrected chi connectivity index (χ2v) is 8.81. The number of aromatic nitrogens is 2. The Bertz CT molecular complexity index is 1070. The van der Waals surface area contributed by atoms with Crippen LogP contribution in [0.15, 0.2) is 46.5 Å². The lowest BCUT2D eigenvalue weighted by Gasteiger charge is -2.27. The number of carbonyl (C=O) groups excluding carboxylic acids is 1. The molecule has 2 aromatic rings. The van der Waals surface area contributed by atoms with Crippen molar-refractivity contribution in [1.82, 2.24) is 14.5 Å². The maximum absolute atomic E-state index is 13.3. The summed E-state index contributed by atoms with van der Waals surface area (Å²) in [6.45, 7) is 11.3. The molecule has 3 N–H and O–H groups in total. The number of likely N-dealkylation sites (N-methyl/N-ethyl adjacent to an activating group) is 1. The van der Waals surface area contributed by atoms with E-state index in [9.17, 15) is 14.4 Å². The van der Waals surface area contributed by atoms with Gasteiger partial charge in [-0.3, -0.25) is 24.0 Å². The van der Waals surface area contributed by atoms with E-state index in [1.165, 1.54) is 9.47 Å². The third-order valence-corrected chi connectivity index (χ3v) is 5.22. The van der Waals surface area contributed by atoms with Gasteiger partial charge in [0.05, 0.1) is 6.54 Å². The fourth-order valence-electron chi connectivity index (χ4n) is 3.59. The van der Waals surface area contributed by atoms with Crippen LogP contribution in [0.2, 0.25) is 0 Å². The van der Waals surface area contributed by atoms with Crippen molar-refractivity contribution in [2.24, 2.45) is 5.92 Å². The van der Waals surface area contributed by atoms with Crippen LogP contribution in [0.3, 0.4) is 0 Å². The number of H-pyrrole nitrogens is 1. The molecule has 0 aliphatic heterocycles. The summed E-state index contributed by atoms with van der Waals surface area (Å²) in [5.74, 6) is 0.649. The molecule has 0 aliphatic carbocycles. The van der Waals surface area contributed by atoms with Gasteiger partial charge in [0, 0.05) is 19.6 Å². The van der Waals surface area contributed by atoms with Crippen LogP contribution >= 0.6 is 0 Å². The van der Waals surface area contributed by atoms with Crippen molar-refractivity contribution < 1.29 is 9.53 Å². The molecular weight excluding hydrogens is 434 g/mol. The molecule has 0 bridgehead atoms. The van der Waals surface area contributed by atoms with Gasteiger partial charge in [0.15, 0.2) is 5.69 Å². The summed E-state index contributed by atoms with van der Waals surface area (Å²) >= 11 is 0. The average molecular weight is 472 g/mol. The number of rotatable bonds is 13. The smallest absolute Gasteiger partial charge is 0.330 e. The van der Waals surface area contributed by atoms with Gasteiger partial charge in [-0.05, 0) is 37.1 Å². The molecular formula is C25H37N5O4. The number of carbonyl (C=O) groups is 1. The van der Waals surface area contributed by atoms with E-state index in [0.717, 1.165) is 17.7 Å². The standard InChI is InChI=1S/C25H37N5O4/c1-6-8-13-29(22-23(26)30(15-18(3)4)25(33)27-24(22)32)21(31)17-28(5)16-19-9-11-20(12-10-19)34-14-7-2/h7,9-12,18H,2,6,8,13-17,26H2,1,3-5H3,(H,27,32,33). The minimum Gasteiger partial charge on any atom is -0.490 e. The number of amides is 1. The Hall–Kier alpha value is -3.33. The monoisotopic (exact) mass is 471 g/mol. The molecule has 0 aliphatic rings. The number of nitrogens with one attached hydrogen (secondary N) is 1. The molecule has 0 unspecified atom stereocenters. The quantitative estimate of drug-likeness (QED) is 0.434. The van der Waals surface area contributed by atoms with Crippen LogP contribution in [0, 0.1) is 5.92 Å². The Morgan fingerprint density at radius 2 is 1.94 bits per heavy atom. The van der Waals surface area contributed by atoms with Gasteiger partial charge < -0.3 is 15.4 Å². The number of unbranched alkanes of at least 4 members (excludes halogenated alkanes) is 1. The van der Waals surface area contributed by atoms with Gasteiger partial charge in [0.25, 0.3) is 5.56 Å². The molecule has 1 heterocycles. The molecule has 9 nitrogen and oxygen atoms in total. The molecule has 186 valence electrons. The Labute approximate surface area is 200 Å². The number of anilines is 2. The zero-order valence-electron chi connectivity index (χ0n) is 20.7. The lowest BCUT2D eigenvalue weighted by atomic mass is 10.2. The van der Waals surface area contributed by atoms with Gasteiger partial charge in [0.2, 0.25) is 5.91 Å². The predicted octanol–water partition coefficient (Wildman–Crippen LogP) is 2.60. The molecule has 0 fully saturated rings. The fraction of sp³-hybridized carbons (Fsp3) is 0.480. The van der Waals surface area contributed by atoms with Crippen molar-refractivity contribution in [3.05, 3.63) is 63.3 Å². The van der Waals surface area contributed by atoms with Crippen LogP contribution in [-0.4, -0.2) is 47.1 Å². The first-order valence-corrected chi connectivity index (χ1v) is 11.6. The molecule has 0 saturated carbocycles. The number of benzene rings is 1. The number of hydrogen-bond donors (Lipinski definition) is 2. The van der Waals surface area contributed by atoms with Gasteiger partial charge in [0.1, 0.15) is 18.2 Å². The van der Waals surface area contributed by atoms with Crippen LogP contribution in [0.1, 0.15) is 39.2 Å². The Morgan fingerprint density at radius 3 is 2.53 bits per heavy atom. The summed E-state index contributed by atoms with van der Waals surface area (Å²) in [7, 11) is 1.84. The van der Waals surface area contributed by atoms with E-state index < -0.39 is 11.2 Å². The van der Waals surface area contributed by atoms with Crippen LogP contribution in [-0.2, 0) is 17.9 Å². The van der Waals surface area contributed by atoms with Crippen molar-refractivity contribution in [1.29, 1.82) is 0 Å². The van der Waals surface area contributed by atoms with E-state index in [4.69, 9.17) is 10.5 Å². The van der Waals surface area contributed by atoms with Crippen molar-refractivity contribution in [2.75, 3.05) is 37.4 Å². The molecule has 1 aromatic heterocycles. The van der Waals surface area contributed by atoms with E-state index in [-0.39, 0.29) is 29.9 Å². The zero-order chi connectivity index (χ0) is 25.3. The second-order valence-electron chi connectivity index (χ2n) is 8.81. The number of ether oxygens (including phenoxy) is 1. The highest BCUT2D eigenvalue weighted by Gasteiger charge is 2.25. The molecule has 1 amide bonds. The lowest BCUT2D eigenvalue weighted by Crippen LogP contribution is -2.45. The Balaban J connectivity index is 2.23. The normalized spacial score (nSPS) is 11.1. The summed E-state index contributed by atoms with van der Waals surface area (Å²) in [5.41, 5.74) is 6.10. The zero-order valence-corrected chi connectivity index (χ0v) is 20.7. The van der Waals surface area contributed by atoms with E-state index >= 15 is 0 Å². The highest BCUT2D eigenvalue weighted by atomic mass is 16.5. The number of hydrogen-bond acceptors (Lipinski definition) is 6. The third kappa shape index (κ3) is 7.34. The van der Waals surface area contributed by atoms with Gasteiger partial charge in [-0.2, -0.15) is 0 Å². The maximum atomic E-state index is 13.3. The number of aromatic amines is 1. The van der Waals surface area contributed by atoms with E-state index in [1.807, 2.05) is 57.0 Å². The average Bonchev–Trinajstić information content (AvgIpc) is 2.78. The van der Waals surface area contributed by atoms with Crippen LogP contribution < -0.4 is 26.6 Å². The van der Waals surface area contributed by atoms with E-state index in [2.05, 4.69) is 11.6 Å². The third-order valence-electron chi connectivity index (χ3n) is 5.22. The maximum Gasteiger partial charge on any atom is 0.330 e. The highest BCUT2D eigenvalue weighted by Crippen LogP contribution is 2.19. The van der Waals surface area contributed by atoms with Crippen LogP contribution in [0.25, 0.3) is 0 Å². The molecule has 9 heteroatoms. The molecule has 0 atom stereocenters. The molecule has 0 saturated heterocycles. The number of nitrogens with zero attached hydrogens (tertiary/aromatic N) is 3. The summed E-state index contributed by atoms with van der Waals surface area (Å²) in [6.07, 6.45) is 3.22. The van der Waals surface area contributed by atoms with Crippen molar-refractivity contribution in [3.63, 3.8) is 0 Å². The highest BCUT2D eigenvalue weighted by molar-refractivity contribution is 5.96. The van der Waals surface area contributed by atoms with Gasteiger partial charge in [-0.25, -0.2) is 4.79 Å². The minimum absolute atomic E-state index is 0.0182. The molecule has 34 heavy (non-hydrogen) atoms. The van der Waals surface area contributed by atoms with Crippen molar-refractivity contribution in [3.8, 4) is 5.75 Å². The van der Waals surface area contributed by atoms with Gasteiger partial charge >= 0.3 is 5.69 Å². The molecule has 1 aromatic carbocycles. The minimum atomic E-state index is -0.648. The SMILES string of the molecule is C=CCOc1ccc(CN(C)CC(=O)N(CCCC)c2c(N)n(CC(C)C)c(=O)[nH]c2=O)cc1. The molecule has 2 rings (SSSR count). The number of nitrogen functional groups attached to an aromatic ring is 1. The lowest BCUT2D eigenvalue weighted by molar-refractivity contribution is -0.119. The summed E-state index contributed by atoms with van der Waals surface area (Å²) < 4.78 is 6.83. The topological polar surface area (TPSA) is 114 Å². The fourth-order valence-corrected chi connectivity index (χ4v) is 3.59. The summed E-state index contributed by atoms with van der Waals surface area (Å²) in [6, 6.07) is 7.64. The first-order valence-electron chi connectivity index (χ1n) is 11.6. The molecule has 0 radical (unpaired) electrons. The molecule has 0 spiro atoms. The van der Waals surface area contributed by atoms with E-state index in [1.54, 1.807) is 6.08 Å². The van der Waals surface area contributed by atoms with Gasteiger partial charge in [-0.15, -0.1) is 0 Å². The first-order chi connectivity index (χ1) is 16.2.